The molecule has 0 bridgehead atoms. The summed E-state index contributed by atoms with van der Waals surface area (Å²) in [6.45, 7) is 0. The Hall–Kier alpha value is -0.720. The highest BCUT2D eigenvalue weighted by atomic mass is 127. The van der Waals surface area contributed by atoms with E-state index in [9.17, 15) is 18.4 Å². The average Bonchev–Trinajstić information content (AvgIpc) is 2.21. The molecule has 0 aliphatic heterocycles. The summed E-state index contributed by atoms with van der Waals surface area (Å²) in [5, 5.41) is 17.1. The van der Waals surface area contributed by atoms with Gasteiger partial charge in [0, 0.05) is 3.57 Å². The molecule has 5 nitrogen and oxygen atoms in total. The monoisotopic (exact) mass is 484 g/mol. The first-order valence-corrected chi connectivity index (χ1v) is 6.33. The summed E-state index contributed by atoms with van der Waals surface area (Å²) >= 11 is 3.39. The smallest absolute Gasteiger partial charge is 0.478 e. The minimum absolute atomic E-state index is 0.0813. The maximum atomic E-state index is 12.9. The summed E-state index contributed by atoms with van der Waals surface area (Å²) in [6, 6.07) is 2.50. The van der Waals surface area contributed by atoms with Gasteiger partial charge in [0.15, 0.2) is 5.75 Å². The van der Waals surface area contributed by atoms with E-state index in [0.717, 1.165) is 6.07 Å². The molecule has 9 heteroatoms. The summed E-state index contributed by atoms with van der Waals surface area (Å²) in [6.07, 6.45) is -4.49. The van der Waals surface area contributed by atoms with Crippen LogP contribution < -0.4 is 4.74 Å². The number of carboxylic acids is 2. The zero-order valence-corrected chi connectivity index (χ0v) is 12.6. The van der Waals surface area contributed by atoms with E-state index in [1.54, 1.807) is 45.2 Å². The van der Waals surface area contributed by atoms with Crippen LogP contribution in [-0.2, 0) is 4.79 Å². The number of alkyl halides is 2. The lowest BCUT2D eigenvalue weighted by atomic mass is 10.2. The molecule has 0 atom stereocenters. The highest BCUT2D eigenvalue weighted by molar-refractivity contribution is 14.1. The van der Waals surface area contributed by atoms with Gasteiger partial charge in [0.2, 0.25) is 0 Å². The van der Waals surface area contributed by atoms with Gasteiger partial charge in [-0.1, -0.05) is 0 Å². The number of carbonyl (C=O) groups is 2. The number of hydrogen-bond donors (Lipinski definition) is 2. The van der Waals surface area contributed by atoms with Crippen LogP contribution in [0.3, 0.4) is 0 Å². The van der Waals surface area contributed by atoms with Crippen molar-refractivity contribution in [1.82, 2.24) is 0 Å². The van der Waals surface area contributed by atoms with Gasteiger partial charge in [0.1, 0.15) is 5.56 Å². The van der Waals surface area contributed by atoms with Crippen LogP contribution in [0, 0.1) is 7.14 Å². The number of rotatable bonds is 4. The van der Waals surface area contributed by atoms with E-state index in [-0.39, 0.29) is 3.57 Å². The summed E-state index contributed by atoms with van der Waals surface area (Å²) in [7, 11) is 0. The highest BCUT2D eigenvalue weighted by Crippen LogP contribution is 2.32. The fourth-order valence-electron chi connectivity index (χ4n) is 0.995. The van der Waals surface area contributed by atoms with Gasteiger partial charge >= 0.3 is 18.0 Å². The molecule has 0 radical (unpaired) electrons. The number of aromatic carboxylic acids is 1. The van der Waals surface area contributed by atoms with Gasteiger partial charge < -0.3 is 14.9 Å². The molecule has 0 aromatic heterocycles. The normalized spacial score (nSPS) is 11.1. The predicted molar refractivity (Wildman–Crippen MR) is 72.0 cm³/mol. The minimum Gasteiger partial charge on any atom is -0.478 e. The van der Waals surface area contributed by atoms with E-state index < -0.39 is 29.4 Å². The molecule has 2 N–H and O–H groups in total. The van der Waals surface area contributed by atoms with Crippen LogP contribution in [0.1, 0.15) is 10.4 Å². The Bertz CT molecular complexity index is 518. The molecule has 0 heterocycles. The molecule has 0 unspecified atom stereocenters. The van der Waals surface area contributed by atoms with Crippen molar-refractivity contribution in [3.05, 3.63) is 24.8 Å². The quantitative estimate of drug-likeness (QED) is 0.643. The molecule has 0 amide bonds. The molecule has 0 aliphatic carbocycles. The highest BCUT2D eigenvalue weighted by Gasteiger charge is 2.43. The summed E-state index contributed by atoms with van der Waals surface area (Å²) in [5.74, 6) is -4.65. The van der Waals surface area contributed by atoms with Crippen LogP contribution in [0.25, 0.3) is 0 Å². The van der Waals surface area contributed by atoms with Crippen LogP contribution in [-0.4, -0.2) is 28.3 Å². The fourth-order valence-corrected chi connectivity index (χ4v) is 2.95. The number of benzene rings is 1. The predicted octanol–water partition coefficient (Wildman–Crippen LogP) is 2.65. The molecule has 18 heavy (non-hydrogen) atoms. The maximum Gasteiger partial charge on any atom is 0.501 e. The molecule has 1 aromatic rings. The van der Waals surface area contributed by atoms with Crippen LogP contribution in [0.5, 0.6) is 5.75 Å². The Morgan fingerprint density at radius 3 is 2.22 bits per heavy atom. The zero-order chi connectivity index (χ0) is 14.1. The molecule has 0 saturated heterocycles. The minimum atomic E-state index is -4.49. The van der Waals surface area contributed by atoms with E-state index in [2.05, 4.69) is 4.74 Å². The SMILES string of the molecule is O=C(O)c1cc(I)cc(I)c1OC(F)(F)C(=O)O. The van der Waals surface area contributed by atoms with Crippen LogP contribution in [0.2, 0.25) is 0 Å². The largest absolute Gasteiger partial charge is 0.501 e. The lowest BCUT2D eigenvalue weighted by Gasteiger charge is -2.16. The Morgan fingerprint density at radius 1 is 1.22 bits per heavy atom. The molecular weight excluding hydrogens is 480 g/mol. The first-order valence-electron chi connectivity index (χ1n) is 4.17. The van der Waals surface area contributed by atoms with Gasteiger partial charge in [0.05, 0.1) is 3.57 Å². The van der Waals surface area contributed by atoms with Crippen molar-refractivity contribution in [2.45, 2.75) is 6.11 Å². The molecule has 1 aromatic carbocycles. The number of halogens is 4. The number of hydrogen-bond acceptors (Lipinski definition) is 3. The Balaban J connectivity index is 3.32. The molecule has 0 fully saturated rings. The zero-order valence-electron chi connectivity index (χ0n) is 8.29. The van der Waals surface area contributed by atoms with Crippen molar-refractivity contribution < 1.29 is 33.3 Å². The third-order valence-electron chi connectivity index (χ3n) is 1.72. The lowest BCUT2D eigenvalue weighted by Crippen LogP contribution is -2.35. The molecule has 0 spiro atoms. The third kappa shape index (κ3) is 3.40. The molecule has 0 aliphatic rings. The van der Waals surface area contributed by atoms with Gasteiger partial charge in [-0.05, 0) is 57.3 Å². The average molecular weight is 484 g/mol. The maximum absolute atomic E-state index is 12.9. The van der Waals surface area contributed by atoms with Gasteiger partial charge in [-0.25, -0.2) is 9.59 Å². The van der Waals surface area contributed by atoms with Crippen molar-refractivity contribution in [3.63, 3.8) is 0 Å². The van der Waals surface area contributed by atoms with Crippen LogP contribution in [0.15, 0.2) is 12.1 Å². The second-order valence-corrected chi connectivity index (χ2v) is 5.40. The number of ether oxygens (including phenoxy) is 1. The summed E-state index contributed by atoms with van der Waals surface area (Å²) in [5.41, 5.74) is -0.521. The Morgan fingerprint density at radius 2 is 1.78 bits per heavy atom. The molecule has 1 rings (SSSR count). The van der Waals surface area contributed by atoms with E-state index in [0.29, 0.717) is 3.57 Å². The first-order chi connectivity index (χ1) is 8.15. The van der Waals surface area contributed by atoms with Crippen molar-refractivity contribution in [1.29, 1.82) is 0 Å². The van der Waals surface area contributed by atoms with E-state index in [1.807, 2.05) is 0 Å². The van der Waals surface area contributed by atoms with Gasteiger partial charge in [-0.15, -0.1) is 0 Å². The van der Waals surface area contributed by atoms with Gasteiger partial charge in [0.25, 0.3) is 0 Å². The fraction of sp³-hybridized carbons (Fsp3) is 0.111. The summed E-state index contributed by atoms with van der Waals surface area (Å²) in [4.78, 5) is 21.2. The molecular formula is C9H4F2I2O5. The van der Waals surface area contributed by atoms with E-state index in [4.69, 9.17) is 10.2 Å². The van der Waals surface area contributed by atoms with E-state index >= 15 is 0 Å². The second-order valence-electron chi connectivity index (χ2n) is 2.99. The second kappa shape index (κ2) is 5.50. The van der Waals surface area contributed by atoms with Crippen molar-refractivity contribution in [3.8, 4) is 5.75 Å². The number of aliphatic carboxylic acids is 1. The van der Waals surface area contributed by atoms with E-state index in [1.165, 1.54) is 6.07 Å². The van der Waals surface area contributed by atoms with Crippen LogP contribution >= 0.6 is 45.2 Å². The molecule has 0 saturated carbocycles. The molecule has 98 valence electrons. The number of carboxylic acid groups (broad SMARTS) is 2. The van der Waals surface area contributed by atoms with Gasteiger partial charge in [-0.3, -0.25) is 0 Å². The lowest BCUT2D eigenvalue weighted by molar-refractivity contribution is -0.211. The Kier molecular flexibility index (Phi) is 4.69. The Labute approximate surface area is 126 Å². The topological polar surface area (TPSA) is 83.8 Å². The summed E-state index contributed by atoms with van der Waals surface area (Å²) < 4.78 is 30.5. The van der Waals surface area contributed by atoms with Crippen molar-refractivity contribution in [2.75, 3.05) is 0 Å². The first kappa shape index (κ1) is 15.3. The van der Waals surface area contributed by atoms with Crippen molar-refractivity contribution in [2.24, 2.45) is 0 Å². The van der Waals surface area contributed by atoms with Gasteiger partial charge in [-0.2, -0.15) is 8.78 Å². The standard InChI is InChI=1S/C9H4F2I2O5/c10-9(11,8(16)17)18-6-4(7(14)15)1-3(12)2-5(6)13/h1-2H,(H,14,15)(H,16,17). The third-order valence-corrected chi connectivity index (χ3v) is 3.14. The van der Waals surface area contributed by atoms with Crippen LogP contribution in [0.4, 0.5) is 8.78 Å². The van der Waals surface area contributed by atoms with Crippen molar-refractivity contribution >= 4 is 57.1 Å².